The number of guanidine groups is 1. The van der Waals surface area contributed by atoms with E-state index in [1.165, 1.54) is 5.56 Å². The van der Waals surface area contributed by atoms with Gasteiger partial charge in [0.25, 0.3) is 0 Å². The molecule has 2 rings (SSSR count). The number of benzene rings is 1. The minimum Gasteiger partial charge on any atom is -0.481 e. The predicted octanol–water partition coefficient (Wildman–Crippen LogP) is 2.65. The van der Waals surface area contributed by atoms with Crippen LogP contribution in [-0.4, -0.2) is 31.6 Å². The van der Waals surface area contributed by atoms with E-state index < -0.39 is 0 Å². The Morgan fingerprint density at radius 1 is 1.22 bits per heavy atom. The first-order valence-corrected chi connectivity index (χ1v) is 7.77. The van der Waals surface area contributed by atoms with Gasteiger partial charge in [0.15, 0.2) is 5.96 Å². The molecule has 0 fully saturated rings. The van der Waals surface area contributed by atoms with Gasteiger partial charge in [-0.25, -0.2) is 4.98 Å². The highest BCUT2D eigenvalue weighted by Gasteiger charge is 2.04. The number of halogens is 1. The van der Waals surface area contributed by atoms with Gasteiger partial charge in [0.05, 0.1) is 7.11 Å². The zero-order valence-electron chi connectivity index (χ0n) is 13.3. The van der Waals surface area contributed by atoms with Crippen molar-refractivity contribution in [1.82, 2.24) is 15.6 Å². The highest BCUT2D eigenvalue weighted by atomic mass is 35.5. The van der Waals surface area contributed by atoms with Crippen LogP contribution in [-0.2, 0) is 13.0 Å². The van der Waals surface area contributed by atoms with Crippen molar-refractivity contribution in [2.75, 3.05) is 20.7 Å². The van der Waals surface area contributed by atoms with E-state index >= 15 is 0 Å². The predicted molar refractivity (Wildman–Crippen MR) is 94.1 cm³/mol. The van der Waals surface area contributed by atoms with Crippen LogP contribution in [0.25, 0.3) is 0 Å². The maximum absolute atomic E-state index is 5.88. The Labute approximate surface area is 141 Å². The average molecular weight is 333 g/mol. The van der Waals surface area contributed by atoms with Gasteiger partial charge >= 0.3 is 0 Å². The minimum atomic E-state index is 0.595. The number of aromatic nitrogens is 1. The zero-order valence-corrected chi connectivity index (χ0v) is 14.1. The first kappa shape index (κ1) is 17.1. The molecule has 5 nitrogen and oxygen atoms in total. The van der Waals surface area contributed by atoms with E-state index in [0.717, 1.165) is 29.5 Å². The molecule has 23 heavy (non-hydrogen) atoms. The monoisotopic (exact) mass is 332 g/mol. The molecule has 0 bridgehead atoms. The third kappa shape index (κ3) is 5.45. The summed E-state index contributed by atoms with van der Waals surface area (Å²) >= 11 is 5.88. The number of methoxy groups -OCH3 is 1. The van der Waals surface area contributed by atoms with Crippen LogP contribution in [0.1, 0.15) is 11.1 Å². The van der Waals surface area contributed by atoms with E-state index in [1.54, 1.807) is 20.4 Å². The molecule has 0 aliphatic carbocycles. The maximum Gasteiger partial charge on any atom is 0.218 e. The van der Waals surface area contributed by atoms with Crippen LogP contribution in [0.5, 0.6) is 5.88 Å². The number of pyridine rings is 1. The lowest BCUT2D eigenvalue weighted by atomic mass is 10.1. The van der Waals surface area contributed by atoms with E-state index in [0.29, 0.717) is 12.4 Å². The molecule has 0 saturated heterocycles. The fraction of sp³-hybridized carbons (Fsp3) is 0.294. The lowest BCUT2D eigenvalue weighted by molar-refractivity contribution is 0.392. The summed E-state index contributed by atoms with van der Waals surface area (Å²) in [5, 5.41) is 7.29. The van der Waals surface area contributed by atoms with Crippen LogP contribution >= 0.6 is 11.6 Å². The SMILES string of the molecule is CN=C(NCCc1ccc(Cl)cc1)NCc1cccnc1OC. The molecular formula is C17H21ClN4O. The Hall–Kier alpha value is -2.27. The lowest BCUT2D eigenvalue weighted by Crippen LogP contribution is -2.37. The molecule has 0 unspecified atom stereocenters. The number of nitrogens with one attached hydrogen (secondary N) is 2. The second kappa shape index (κ2) is 9.00. The van der Waals surface area contributed by atoms with Gasteiger partial charge in [0, 0.05) is 36.9 Å². The van der Waals surface area contributed by atoms with Gasteiger partial charge < -0.3 is 15.4 Å². The van der Waals surface area contributed by atoms with Crippen molar-refractivity contribution in [2.24, 2.45) is 4.99 Å². The minimum absolute atomic E-state index is 0.595. The molecule has 122 valence electrons. The van der Waals surface area contributed by atoms with Crippen molar-refractivity contribution < 1.29 is 4.74 Å². The van der Waals surface area contributed by atoms with E-state index in [1.807, 2.05) is 36.4 Å². The Balaban J connectivity index is 1.80. The van der Waals surface area contributed by atoms with Crippen LogP contribution < -0.4 is 15.4 Å². The van der Waals surface area contributed by atoms with Crippen molar-refractivity contribution in [3.63, 3.8) is 0 Å². The van der Waals surface area contributed by atoms with Gasteiger partial charge in [-0.1, -0.05) is 29.8 Å². The summed E-state index contributed by atoms with van der Waals surface area (Å²) in [6.07, 6.45) is 2.61. The van der Waals surface area contributed by atoms with Crippen molar-refractivity contribution in [1.29, 1.82) is 0 Å². The molecule has 1 aromatic carbocycles. The number of aliphatic imine (C=N–C) groups is 1. The quantitative estimate of drug-likeness (QED) is 0.630. The molecule has 1 heterocycles. The summed E-state index contributed by atoms with van der Waals surface area (Å²) in [7, 11) is 3.36. The van der Waals surface area contributed by atoms with E-state index in [9.17, 15) is 0 Å². The fourth-order valence-corrected chi connectivity index (χ4v) is 2.24. The summed E-state index contributed by atoms with van der Waals surface area (Å²) in [6.45, 7) is 1.38. The molecule has 0 radical (unpaired) electrons. The second-order valence-electron chi connectivity index (χ2n) is 4.90. The number of hydrogen-bond acceptors (Lipinski definition) is 3. The molecule has 0 aliphatic rings. The lowest BCUT2D eigenvalue weighted by Gasteiger charge is -2.13. The Bertz CT molecular complexity index is 643. The van der Waals surface area contributed by atoms with Crippen LogP contribution in [0.3, 0.4) is 0 Å². The first-order chi connectivity index (χ1) is 11.2. The second-order valence-corrected chi connectivity index (χ2v) is 5.34. The molecule has 0 atom stereocenters. The number of ether oxygens (including phenoxy) is 1. The summed E-state index contributed by atoms with van der Waals surface area (Å²) in [5.41, 5.74) is 2.21. The molecule has 0 spiro atoms. The van der Waals surface area contributed by atoms with E-state index in [4.69, 9.17) is 16.3 Å². The Morgan fingerprint density at radius 2 is 2.00 bits per heavy atom. The molecule has 0 saturated carbocycles. The van der Waals surface area contributed by atoms with Gasteiger partial charge in [-0.3, -0.25) is 4.99 Å². The van der Waals surface area contributed by atoms with E-state index in [2.05, 4.69) is 20.6 Å². The number of nitrogens with zero attached hydrogens (tertiary/aromatic N) is 2. The molecule has 1 aromatic heterocycles. The third-order valence-corrected chi connectivity index (χ3v) is 3.58. The summed E-state index contributed by atoms with van der Waals surface area (Å²) < 4.78 is 5.24. The fourth-order valence-electron chi connectivity index (χ4n) is 2.12. The third-order valence-electron chi connectivity index (χ3n) is 3.33. The summed E-state index contributed by atoms with van der Waals surface area (Å²) in [6, 6.07) is 11.7. The Morgan fingerprint density at radius 3 is 2.70 bits per heavy atom. The Kier molecular flexibility index (Phi) is 6.69. The topological polar surface area (TPSA) is 58.5 Å². The van der Waals surface area contributed by atoms with Crippen molar-refractivity contribution in [3.05, 3.63) is 58.7 Å². The van der Waals surface area contributed by atoms with Gasteiger partial charge in [0.1, 0.15) is 0 Å². The number of rotatable bonds is 6. The highest BCUT2D eigenvalue weighted by molar-refractivity contribution is 6.30. The largest absolute Gasteiger partial charge is 0.481 e. The van der Waals surface area contributed by atoms with Crippen LogP contribution in [0.15, 0.2) is 47.6 Å². The van der Waals surface area contributed by atoms with Gasteiger partial charge in [-0.15, -0.1) is 0 Å². The van der Waals surface area contributed by atoms with E-state index in [-0.39, 0.29) is 0 Å². The molecule has 2 N–H and O–H groups in total. The van der Waals surface area contributed by atoms with Gasteiger partial charge in [-0.05, 0) is 30.2 Å². The normalized spacial score (nSPS) is 11.2. The molecule has 6 heteroatoms. The van der Waals surface area contributed by atoms with Crippen LogP contribution in [0.4, 0.5) is 0 Å². The standard InChI is InChI=1S/C17H21ClN4O/c1-19-17(21-11-9-13-5-7-15(18)8-6-13)22-12-14-4-3-10-20-16(14)23-2/h3-8,10H,9,11-12H2,1-2H3,(H2,19,21,22). The molecule has 0 amide bonds. The van der Waals surface area contributed by atoms with Crippen LogP contribution in [0, 0.1) is 0 Å². The maximum atomic E-state index is 5.88. The zero-order chi connectivity index (χ0) is 16.5. The van der Waals surface area contributed by atoms with Gasteiger partial charge in [-0.2, -0.15) is 0 Å². The highest BCUT2D eigenvalue weighted by Crippen LogP contribution is 2.12. The number of hydrogen-bond donors (Lipinski definition) is 2. The summed E-state index contributed by atoms with van der Waals surface area (Å²) in [4.78, 5) is 8.39. The van der Waals surface area contributed by atoms with Crippen molar-refractivity contribution in [3.8, 4) is 5.88 Å². The smallest absolute Gasteiger partial charge is 0.218 e. The van der Waals surface area contributed by atoms with Crippen molar-refractivity contribution in [2.45, 2.75) is 13.0 Å². The average Bonchev–Trinajstić information content (AvgIpc) is 2.59. The molecule has 0 aliphatic heterocycles. The van der Waals surface area contributed by atoms with Crippen molar-refractivity contribution >= 4 is 17.6 Å². The molecular weight excluding hydrogens is 312 g/mol. The van der Waals surface area contributed by atoms with Gasteiger partial charge in [0.2, 0.25) is 5.88 Å². The summed E-state index contributed by atoms with van der Waals surface area (Å²) in [5.74, 6) is 1.36. The molecule has 2 aromatic rings. The van der Waals surface area contributed by atoms with Crippen LogP contribution in [0.2, 0.25) is 5.02 Å². The first-order valence-electron chi connectivity index (χ1n) is 7.39.